The highest BCUT2D eigenvalue weighted by Crippen LogP contribution is 2.43. The van der Waals surface area contributed by atoms with Crippen molar-refractivity contribution in [3.05, 3.63) is 46.7 Å². The Morgan fingerprint density at radius 3 is 1.91 bits per heavy atom. The zero-order chi connectivity index (χ0) is 16.3. The third-order valence-corrected chi connectivity index (χ3v) is 4.29. The molecular weight excluding hydrogens is 284 g/mol. The summed E-state index contributed by atoms with van der Waals surface area (Å²) in [4.78, 5) is 37.4. The number of carbonyl (C=O) groups is 3. The predicted molar refractivity (Wildman–Crippen MR) is 77.7 cm³/mol. The van der Waals surface area contributed by atoms with Crippen molar-refractivity contribution >= 4 is 17.3 Å². The van der Waals surface area contributed by atoms with Crippen LogP contribution in [0.25, 0.3) is 0 Å². The van der Waals surface area contributed by atoms with Crippen LogP contribution in [0.1, 0.15) is 47.4 Å². The van der Waals surface area contributed by atoms with Gasteiger partial charge in [0.1, 0.15) is 5.76 Å². The maximum atomic E-state index is 12.5. The molecule has 0 saturated carbocycles. The van der Waals surface area contributed by atoms with Gasteiger partial charge in [-0.2, -0.15) is 0 Å². The molecule has 0 radical (unpaired) electrons. The van der Waals surface area contributed by atoms with Crippen LogP contribution in [0.15, 0.2) is 35.6 Å². The van der Waals surface area contributed by atoms with Gasteiger partial charge >= 0.3 is 0 Å². The van der Waals surface area contributed by atoms with Crippen LogP contribution in [0.2, 0.25) is 0 Å². The van der Waals surface area contributed by atoms with Crippen LogP contribution in [-0.2, 0) is 4.79 Å². The average Bonchev–Trinajstić information content (AvgIpc) is 2.60. The van der Waals surface area contributed by atoms with Gasteiger partial charge in [0.25, 0.3) is 0 Å². The van der Waals surface area contributed by atoms with Crippen LogP contribution in [-0.4, -0.2) is 33.2 Å². The minimum Gasteiger partial charge on any atom is -0.512 e. The third kappa shape index (κ3) is 1.78. The van der Waals surface area contributed by atoms with E-state index in [0.29, 0.717) is 0 Å². The Balaban J connectivity index is 2.19. The molecule has 2 N–H and O–H groups in total. The second kappa shape index (κ2) is 4.36. The molecule has 114 valence electrons. The summed E-state index contributed by atoms with van der Waals surface area (Å²) in [7, 11) is 0. The summed E-state index contributed by atoms with van der Waals surface area (Å²) in [5, 5.41) is 21.0. The van der Waals surface area contributed by atoms with Crippen molar-refractivity contribution in [3.8, 4) is 0 Å². The Hall–Kier alpha value is -2.27. The van der Waals surface area contributed by atoms with E-state index in [0.717, 1.165) is 0 Å². The van der Waals surface area contributed by atoms with E-state index < -0.39 is 33.9 Å². The fraction of sp³-hybridized carbons (Fsp3) is 0.353. The van der Waals surface area contributed by atoms with Gasteiger partial charge in [-0.05, 0) is 5.41 Å². The van der Waals surface area contributed by atoms with Crippen LogP contribution in [0.5, 0.6) is 0 Å². The molecule has 0 fully saturated rings. The third-order valence-electron chi connectivity index (χ3n) is 4.29. The Morgan fingerprint density at radius 2 is 1.45 bits per heavy atom. The molecule has 0 amide bonds. The number of aliphatic hydroxyl groups excluding tert-OH is 1. The van der Waals surface area contributed by atoms with Gasteiger partial charge in [-0.3, -0.25) is 14.4 Å². The molecule has 5 heteroatoms. The fourth-order valence-corrected chi connectivity index (χ4v) is 3.30. The minimum absolute atomic E-state index is 0.0611. The summed E-state index contributed by atoms with van der Waals surface area (Å²) in [6.07, 6.45) is 0.193. The molecule has 0 aromatic heterocycles. The van der Waals surface area contributed by atoms with Gasteiger partial charge in [-0.1, -0.05) is 38.1 Å². The van der Waals surface area contributed by atoms with Crippen LogP contribution < -0.4 is 0 Å². The topological polar surface area (TPSA) is 91.7 Å². The SMILES string of the molecule is CC1(C)CC(=O)C(C2(O)C(=O)c3ccccc3C2=O)=C(O)C1. The lowest BCUT2D eigenvalue weighted by Gasteiger charge is -2.33. The lowest BCUT2D eigenvalue weighted by molar-refractivity contribution is -0.120. The maximum absolute atomic E-state index is 12.5. The monoisotopic (exact) mass is 300 g/mol. The van der Waals surface area contributed by atoms with E-state index in [1.165, 1.54) is 12.1 Å². The number of carbonyl (C=O) groups excluding carboxylic acids is 3. The zero-order valence-electron chi connectivity index (χ0n) is 12.3. The molecule has 22 heavy (non-hydrogen) atoms. The van der Waals surface area contributed by atoms with Crippen molar-refractivity contribution < 1.29 is 24.6 Å². The molecule has 3 rings (SSSR count). The highest BCUT2D eigenvalue weighted by molar-refractivity contribution is 6.36. The number of hydrogen-bond acceptors (Lipinski definition) is 5. The first-order chi connectivity index (χ1) is 10.2. The van der Waals surface area contributed by atoms with Crippen LogP contribution in [0.3, 0.4) is 0 Å². The summed E-state index contributed by atoms with van der Waals surface area (Å²) in [6, 6.07) is 6.02. The van der Waals surface area contributed by atoms with E-state index in [1.807, 2.05) is 0 Å². The summed E-state index contributed by atoms with van der Waals surface area (Å²) in [5.74, 6) is -2.63. The smallest absolute Gasteiger partial charge is 0.223 e. The van der Waals surface area contributed by atoms with Gasteiger partial charge in [-0.15, -0.1) is 0 Å². The average molecular weight is 300 g/mol. The number of Topliss-reactive ketones (excluding diaryl/α,β-unsaturated/α-hetero) is 3. The largest absolute Gasteiger partial charge is 0.512 e. The zero-order valence-corrected chi connectivity index (χ0v) is 12.3. The van der Waals surface area contributed by atoms with Gasteiger partial charge in [0, 0.05) is 24.0 Å². The normalized spacial score (nSPS) is 23.0. The van der Waals surface area contributed by atoms with E-state index in [2.05, 4.69) is 0 Å². The van der Waals surface area contributed by atoms with E-state index >= 15 is 0 Å². The van der Waals surface area contributed by atoms with E-state index in [-0.39, 0.29) is 29.7 Å². The molecule has 0 saturated heterocycles. The molecule has 2 aliphatic carbocycles. The van der Waals surface area contributed by atoms with Crippen molar-refractivity contribution in [2.75, 3.05) is 0 Å². The molecule has 0 spiro atoms. The Bertz CT molecular complexity index is 719. The van der Waals surface area contributed by atoms with E-state index in [4.69, 9.17) is 0 Å². The molecule has 1 aromatic carbocycles. The highest BCUT2D eigenvalue weighted by atomic mass is 16.3. The summed E-state index contributed by atoms with van der Waals surface area (Å²) in [5.41, 5.74) is -3.38. The number of rotatable bonds is 1. The van der Waals surface area contributed by atoms with Gasteiger partial charge in [-0.25, -0.2) is 0 Å². The molecule has 1 aromatic rings. The van der Waals surface area contributed by atoms with Crippen LogP contribution >= 0.6 is 0 Å². The van der Waals surface area contributed by atoms with E-state index in [1.54, 1.807) is 26.0 Å². The summed E-state index contributed by atoms with van der Waals surface area (Å²) >= 11 is 0. The molecule has 2 aliphatic rings. The lowest BCUT2D eigenvalue weighted by Crippen LogP contribution is -2.48. The van der Waals surface area contributed by atoms with Gasteiger partial charge in [0.15, 0.2) is 5.78 Å². The second-order valence-electron chi connectivity index (χ2n) is 6.68. The van der Waals surface area contributed by atoms with Crippen molar-refractivity contribution in [1.29, 1.82) is 0 Å². The first-order valence-electron chi connectivity index (χ1n) is 7.05. The summed E-state index contributed by atoms with van der Waals surface area (Å²) in [6.45, 7) is 3.60. The van der Waals surface area contributed by atoms with Gasteiger partial charge in [0.05, 0.1) is 5.57 Å². The molecule has 0 atom stereocenters. The molecule has 0 bridgehead atoms. The number of allylic oxidation sites excluding steroid dienone is 1. The lowest BCUT2D eigenvalue weighted by atomic mass is 9.71. The number of aliphatic hydroxyl groups is 2. The van der Waals surface area contributed by atoms with Gasteiger partial charge < -0.3 is 10.2 Å². The fourth-order valence-electron chi connectivity index (χ4n) is 3.30. The number of fused-ring (bicyclic) bond motifs is 1. The van der Waals surface area contributed by atoms with E-state index in [9.17, 15) is 24.6 Å². The first kappa shape index (κ1) is 14.7. The summed E-state index contributed by atoms with van der Waals surface area (Å²) < 4.78 is 0. The Kier molecular flexibility index (Phi) is 2.91. The minimum atomic E-state index is -2.60. The van der Waals surface area contributed by atoms with Crippen LogP contribution in [0, 0.1) is 5.41 Å². The quantitative estimate of drug-likeness (QED) is 0.774. The first-order valence-corrected chi connectivity index (χ1v) is 7.05. The Labute approximate surface area is 127 Å². The van der Waals surface area contributed by atoms with Crippen molar-refractivity contribution in [2.24, 2.45) is 5.41 Å². The molecule has 0 aliphatic heterocycles. The molecule has 0 unspecified atom stereocenters. The molecular formula is C17H16O5. The molecule has 5 nitrogen and oxygen atoms in total. The van der Waals surface area contributed by atoms with Crippen molar-refractivity contribution in [3.63, 3.8) is 0 Å². The number of hydrogen-bond donors (Lipinski definition) is 2. The van der Waals surface area contributed by atoms with Crippen molar-refractivity contribution in [2.45, 2.75) is 32.3 Å². The van der Waals surface area contributed by atoms with Crippen molar-refractivity contribution in [1.82, 2.24) is 0 Å². The van der Waals surface area contributed by atoms with Gasteiger partial charge in [0.2, 0.25) is 17.2 Å². The Morgan fingerprint density at radius 1 is 0.955 bits per heavy atom. The highest BCUT2D eigenvalue weighted by Gasteiger charge is 2.58. The number of benzene rings is 1. The predicted octanol–water partition coefficient (Wildman–Crippen LogP) is 2.00. The standard InChI is InChI=1S/C17H16O5/c1-16(2)7-11(18)13(12(19)8-16)17(22)14(20)9-5-3-4-6-10(9)15(17)21/h3-6,18,22H,7-8H2,1-2H3. The van der Waals surface area contributed by atoms with Crippen LogP contribution in [0.4, 0.5) is 0 Å². The second-order valence-corrected chi connectivity index (χ2v) is 6.68. The molecule has 0 heterocycles. The number of ketones is 3. The maximum Gasteiger partial charge on any atom is 0.223 e.